The molecule has 1 heterocycles. The number of fused-ring (bicyclic) bond motifs is 3. The van der Waals surface area contributed by atoms with Crippen molar-refractivity contribution in [3.05, 3.63) is 82.5 Å². The predicted molar refractivity (Wildman–Crippen MR) is 216 cm³/mol. The number of ether oxygens (including phenoxy) is 3. The lowest BCUT2D eigenvalue weighted by molar-refractivity contribution is -0.168. The normalized spacial score (nSPS) is 30.3. The number of hydrogen-bond donors (Lipinski definition) is 1. The molecule has 0 bridgehead atoms. The van der Waals surface area contributed by atoms with E-state index in [-0.39, 0.29) is 23.6 Å². The second-order valence-corrected chi connectivity index (χ2v) is 22.5. The lowest BCUT2D eigenvalue weighted by atomic mass is 9.69. The number of aliphatic hydroxyl groups is 1. The summed E-state index contributed by atoms with van der Waals surface area (Å²) >= 11 is 0. The summed E-state index contributed by atoms with van der Waals surface area (Å²) in [4.78, 5) is 49.8. The van der Waals surface area contributed by atoms with Crippen LogP contribution in [0.3, 0.4) is 0 Å². The molecular formula is C45H64O9Si. The minimum atomic E-state index is -2.18. The summed E-state index contributed by atoms with van der Waals surface area (Å²) in [6.07, 6.45) is 2.39. The van der Waals surface area contributed by atoms with Gasteiger partial charge in [-0.25, -0.2) is 4.79 Å². The number of benzene rings is 1. The number of ketones is 1. The van der Waals surface area contributed by atoms with Gasteiger partial charge in [-0.3, -0.25) is 14.4 Å². The summed E-state index contributed by atoms with van der Waals surface area (Å²) in [5.41, 5.74) is 2.95. The second kappa shape index (κ2) is 16.6. The van der Waals surface area contributed by atoms with Crippen LogP contribution < -0.4 is 0 Å². The first-order valence-electron chi connectivity index (χ1n) is 19.6. The molecule has 1 aromatic rings. The monoisotopic (exact) mass is 776 g/mol. The van der Waals surface area contributed by atoms with Crippen LogP contribution in [0.1, 0.15) is 86.6 Å². The van der Waals surface area contributed by atoms with Crippen molar-refractivity contribution in [3.8, 4) is 0 Å². The highest BCUT2D eigenvalue weighted by Crippen LogP contribution is 2.57. The van der Waals surface area contributed by atoms with Crippen molar-refractivity contribution in [1.29, 1.82) is 0 Å². The molecule has 55 heavy (non-hydrogen) atoms. The molecule has 0 aromatic heterocycles. The van der Waals surface area contributed by atoms with Gasteiger partial charge in [0, 0.05) is 17.8 Å². The predicted octanol–water partition coefficient (Wildman–Crippen LogP) is 8.28. The Balaban J connectivity index is 0.000000245. The molecule has 0 amide bonds. The van der Waals surface area contributed by atoms with Crippen molar-refractivity contribution in [1.82, 2.24) is 0 Å². The lowest BCUT2D eigenvalue weighted by Gasteiger charge is -2.41. The fourth-order valence-corrected chi connectivity index (χ4v) is 10.5. The van der Waals surface area contributed by atoms with Crippen LogP contribution >= 0.6 is 0 Å². The molecule has 3 aliphatic carbocycles. The van der Waals surface area contributed by atoms with Crippen LogP contribution in [0, 0.1) is 35.0 Å². The number of rotatable bonds is 12. The summed E-state index contributed by atoms with van der Waals surface area (Å²) in [5, 5.41) is 12.0. The largest absolute Gasteiger partial charge is 0.467 e. The van der Waals surface area contributed by atoms with Crippen molar-refractivity contribution in [2.75, 3.05) is 7.11 Å². The zero-order valence-electron chi connectivity index (χ0n) is 35.2. The van der Waals surface area contributed by atoms with E-state index in [2.05, 4.69) is 33.9 Å². The molecular weight excluding hydrogens is 713 g/mol. The van der Waals surface area contributed by atoms with Crippen LogP contribution in [0.2, 0.25) is 19.6 Å². The topological polar surface area (TPSA) is 125 Å². The fraction of sp³-hybridized carbons (Fsp3) is 0.600. The molecule has 1 saturated heterocycles. The highest BCUT2D eigenvalue weighted by molar-refractivity contribution is 6.70. The molecule has 0 radical (unpaired) electrons. The zero-order chi connectivity index (χ0) is 41.4. The Labute approximate surface area is 329 Å². The maximum Gasteiger partial charge on any atom is 0.344 e. The molecule has 1 aromatic carbocycles. The van der Waals surface area contributed by atoms with Gasteiger partial charge in [-0.1, -0.05) is 86.6 Å². The number of carbonyl (C=O) groups excluding carboxylic acids is 4. The van der Waals surface area contributed by atoms with E-state index in [0.717, 1.165) is 52.6 Å². The van der Waals surface area contributed by atoms with Gasteiger partial charge in [-0.2, -0.15) is 0 Å². The van der Waals surface area contributed by atoms with Crippen molar-refractivity contribution >= 4 is 32.3 Å². The summed E-state index contributed by atoms with van der Waals surface area (Å²) in [7, 11) is -0.920. The number of esters is 2. The number of aldehydes is 1. The van der Waals surface area contributed by atoms with E-state index in [1.54, 1.807) is 20.8 Å². The SMILES string of the molecule is C=C(C[C@@H](C)C(=O)[C@](C)(O[Si](C)(C)C)C(=O)OC)[C@H]1C[C@@H](C)C(C)=C1C=O.C=C1C[C@@H](OCc2ccccc2)[C@@]2(O)[C@@H](OC(=O)C2(C)C)C2=C(C)[C@H](C)C[C@H]12. The van der Waals surface area contributed by atoms with Gasteiger partial charge in [0.2, 0.25) is 5.60 Å². The third kappa shape index (κ3) is 8.48. The van der Waals surface area contributed by atoms with Crippen LogP contribution in [-0.4, -0.2) is 68.0 Å². The average molecular weight is 777 g/mol. The van der Waals surface area contributed by atoms with E-state index in [1.807, 2.05) is 56.9 Å². The Hall–Kier alpha value is -3.44. The number of methoxy groups -OCH3 is 1. The summed E-state index contributed by atoms with van der Waals surface area (Å²) < 4.78 is 23.0. The van der Waals surface area contributed by atoms with E-state index >= 15 is 0 Å². The molecule has 4 aliphatic rings. The quantitative estimate of drug-likeness (QED) is 0.0734. The van der Waals surface area contributed by atoms with Gasteiger partial charge >= 0.3 is 11.9 Å². The van der Waals surface area contributed by atoms with Crippen molar-refractivity contribution in [3.63, 3.8) is 0 Å². The Bertz CT molecular complexity index is 1750. The van der Waals surface area contributed by atoms with Gasteiger partial charge in [0.05, 0.1) is 25.2 Å². The first-order chi connectivity index (χ1) is 25.5. The number of hydrogen-bond acceptors (Lipinski definition) is 9. The molecule has 0 spiro atoms. The first kappa shape index (κ1) is 44.3. The van der Waals surface area contributed by atoms with Crippen molar-refractivity contribution in [2.24, 2.45) is 35.0 Å². The second-order valence-electron chi connectivity index (χ2n) is 18.0. The Kier molecular flexibility index (Phi) is 13.3. The molecule has 10 heteroatoms. The molecule has 9 nitrogen and oxygen atoms in total. The van der Waals surface area contributed by atoms with Crippen LogP contribution in [0.25, 0.3) is 0 Å². The molecule has 1 saturated carbocycles. The molecule has 1 N–H and O–H groups in total. The smallest absolute Gasteiger partial charge is 0.344 e. The number of carbonyl (C=O) groups is 4. The molecule has 9 atom stereocenters. The lowest BCUT2D eigenvalue weighted by Crippen LogP contribution is -2.58. The van der Waals surface area contributed by atoms with Crippen LogP contribution in [-0.2, 0) is 44.4 Å². The highest BCUT2D eigenvalue weighted by atomic mass is 28.4. The Morgan fingerprint density at radius 1 is 1.09 bits per heavy atom. The van der Waals surface area contributed by atoms with E-state index in [9.17, 15) is 24.3 Å². The van der Waals surface area contributed by atoms with E-state index in [1.165, 1.54) is 19.6 Å². The summed E-state index contributed by atoms with van der Waals surface area (Å²) in [6.45, 7) is 29.8. The summed E-state index contributed by atoms with van der Waals surface area (Å²) in [6, 6.07) is 9.89. The van der Waals surface area contributed by atoms with Gasteiger partial charge in [-0.05, 0) is 108 Å². The van der Waals surface area contributed by atoms with Crippen molar-refractivity contribution < 1.29 is 42.9 Å². The van der Waals surface area contributed by atoms with Gasteiger partial charge in [-0.15, -0.1) is 0 Å². The molecule has 302 valence electrons. The van der Waals surface area contributed by atoms with E-state index in [4.69, 9.17) is 18.6 Å². The molecule has 2 fully saturated rings. The average Bonchev–Trinajstić information content (AvgIpc) is 3.63. The third-order valence-electron chi connectivity index (χ3n) is 12.7. The third-order valence-corrected chi connectivity index (χ3v) is 13.7. The Morgan fingerprint density at radius 2 is 1.69 bits per heavy atom. The molecule has 5 rings (SSSR count). The van der Waals surface area contributed by atoms with Gasteiger partial charge in [0.15, 0.2) is 20.2 Å². The standard InChI is InChI=1S/C24H30O4.C21H34O5Si/c1-14-11-18-15(2)12-19(27-13-17-9-7-6-8-10-17)24(26)21(20(18)16(14)3)28-22(25)23(24,4)5;1-13-11-17(18(12-22)16(13)4)14(2)10-15(3)19(23)21(5,20(24)25-6)26-27(7,8)9/h6-10,14,18-19,21,26H,2,11-13H2,1,3-5H3;12-13,15,17H,2,10-11H2,1,3-9H3/t14-,18-,19-,21+,24-;13-,15-,17-,21+/m11/s1. The minimum absolute atomic E-state index is 0.0324. The highest BCUT2D eigenvalue weighted by Gasteiger charge is 2.69. The van der Waals surface area contributed by atoms with Gasteiger partial charge < -0.3 is 23.7 Å². The molecule has 0 unspecified atom stereocenters. The number of Topliss-reactive ketones (excluding diaryl/α,β-unsaturated/α-hetero) is 1. The summed E-state index contributed by atoms with van der Waals surface area (Å²) in [5.74, 6) is -0.989. The first-order valence-corrected chi connectivity index (χ1v) is 23.0. The minimum Gasteiger partial charge on any atom is -0.467 e. The van der Waals surface area contributed by atoms with Crippen LogP contribution in [0.5, 0.6) is 0 Å². The van der Waals surface area contributed by atoms with Crippen molar-refractivity contribution in [2.45, 2.75) is 131 Å². The zero-order valence-corrected chi connectivity index (χ0v) is 36.2. The number of allylic oxidation sites excluding steroid dienone is 4. The maximum absolute atomic E-state index is 13.1. The van der Waals surface area contributed by atoms with Crippen LogP contribution in [0.15, 0.2) is 76.9 Å². The fourth-order valence-electron chi connectivity index (χ4n) is 9.07. The van der Waals surface area contributed by atoms with Gasteiger partial charge in [0.1, 0.15) is 11.9 Å². The van der Waals surface area contributed by atoms with Crippen LogP contribution in [0.4, 0.5) is 0 Å². The maximum atomic E-state index is 13.1. The Morgan fingerprint density at radius 3 is 2.25 bits per heavy atom. The van der Waals surface area contributed by atoms with E-state index < -0.39 is 49.0 Å². The van der Waals surface area contributed by atoms with E-state index in [0.29, 0.717) is 31.3 Å². The molecule has 1 aliphatic heterocycles. The van der Waals surface area contributed by atoms with Gasteiger partial charge in [0.25, 0.3) is 0 Å².